The first kappa shape index (κ1) is 11.5. The van der Waals surface area contributed by atoms with Gasteiger partial charge in [-0.2, -0.15) is 0 Å². The molecule has 1 N–H and O–H groups in total. The number of halogens is 1. The molecule has 4 heteroatoms. The molecule has 0 amide bonds. The molecule has 0 aromatic heterocycles. The van der Waals surface area contributed by atoms with E-state index < -0.39 is 12.0 Å². The van der Waals surface area contributed by atoms with Crippen LogP contribution in [-0.4, -0.2) is 27.3 Å². The Morgan fingerprint density at radius 3 is 2.50 bits per heavy atom. The summed E-state index contributed by atoms with van der Waals surface area (Å²) in [6, 6.07) is 9.18. The van der Waals surface area contributed by atoms with Gasteiger partial charge in [-0.25, -0.2) is 3.11 Å². The predicted octanol–water partition coefficient (Wildman–Crippen LogP) is 1.96. The van der Waals surface area contributed by atoms with E-state index >= 15 is 0 Å². The Morgan fingerprint density at radius 2 is 2.07 bits per heavy atom. The Bertz CT molecular complexity index is 300. The maximum absolute atomic E-state index is 10.9. The van der Waals surface area contributed by atoms with Crippen LogP contribution in [0.15, 0.2) is 30.3 Å². The summed E-state index contributed by atoms with van der Waals surface area (Å²) < 4.78 is 1.69. The third-order valence-electron chi connectivity index (χ3n) is 1.99. The average Bonchev–Trinajstić information content (AvgIpc) is 2.15. The lowest BCUT2D eigenvalue weighted by Gasteiger charge is -2.17. The van der Waals surface area contributed by atoms with E-state index in [1.807, 2.05) is 53.2 Å². The van der Waals surface area contributed by atoms with Crippen molar-refractivity contribution in [3.8, 4) is 0 Å². The molecular formula is C10H12INO2. The topological polar surface area (TPSA) is 40.5 Å². The highest BCUT2D eigenvalue weighted by molar-refractivity contribution is 14.1. The fourth-order valence-corrected chi connectivity index (χ4v) is 1.64. The van der Waals surface area contributed by atoms with Gasteiger partial charge in [-0.1, -0.05) is 30.3 Å². The summed E-state index contributed by atoms with van der Waals surface area (Å²) in [5, 5.41) is 8.96. The second-order valence-corrected chi connectivity index (χ2v) is 4.59. The van der Waals surface area contributed by atoms with Crippen LogP contribution in [0.4, 0.5) is 0 Å². The molecule has 0 spiro atoms. The molecule has 0 aliphatic heterocycles. The number of carboxylic acids is 1. The number of rotatable bonds is 4. The Hall–Kier alpha value is -0.620. The van der Waals surface area contributed by atoms with Crippen molar-refractivity contribution in [2.24, 2.45) is 0 Å². The molecular weight excluding hydrogens is 293 g/mol. The third kappa shape index (κ3) is 3.26. The zero-order valence-electron chi connectivity index (χ0n) is 7.85. The Morgan fingerprint density at radius 1 is 1.50 bits per heavy atom. The van der Waals surface area contributed by atoms with Crippen molar-refractivity contribution in [3.63, 3.8) is 0 Å². The van der Waals surface area contributed by atoms with Crippen molar-refractivity contribution >= 4 is 28.8 Å². The van der Waals surface area contributed by atoms with Crippen molar-refractivity contribution in [1.82, 2.24) is 3.11 Å². The van der Waals surface area contributed by atoms with Gasteiger partial charge >= 0.3 is 5.97 Å². The van der Waals surface area contributed by atoms with Crippen LogP contribution in [0.25, 0.3) is 0 Å². The Labute approximate surface area is 97.2 Å². The summed E-state index contributed by atoms with van der Waals surface area (Å²) in [6.07, 6.45) is 0.537. The van der Waals surface area contributed by atoms with Gasteiger partial charge < -0.3 is 5.11 Å². The lowest BCUT2D eigenvalue weighted by molar-refractivity contribution is -0.140. The first-order valence-electron chi connectivity index (χ1n) is 4.26. The number of hydrogen-bond acceptors (Lipinski definition) is 2. The first-order valence-corrected chi connectivity index (χ1v) is 5.23. The summed E-state index contributed by atoms with van der Waals surface area (Å²) in [4.78, 5) is 10.9. The zero-order chi connectivity index (χ0) is 10.6. The molecule has 0 saturated carbocycles. The third-order valence-corrected chi connectivity index (χ3v) is 2.66. The van der Waals surface area contributed by atoms with Gasteiger partial charge in [0.1, 0.15) is 6.04 Å². The molecule has 1 aromatic rings. The highest BCUT2D eigenvalue weighted by Gasteiger charge is 2.20. The number of likely N-dealkylation sites (N-methyl/N-ethyl adjacent to an activating group) is 1. The second kappa shape index (κ2) is 5.31. The van der Waals surface area contributed by atoms with Gasteiger partial charge in [-0.15, -0.1) is 0 Å². The number of aliphatic carboxylic acids is 1. The van der Waals surface area contributed by atoms with E-state index in [1.165, 1.54) is 0 Å². The van der Waals surface area contributed by atoms with Crippen LogP contribution in [-0.2, 0) is 11.2 Å². The Kier molecular flexibility index (Phi) is 4.34. The molecule has 1 rings (SSSR count). The van der Waals surface area contributed by atoms with Gasteiger partial charge in [-0.3, -0.25) is 4.79 Å². The zero-order valence-corrected chi connectivity index (χ0v) is 10.0. The molecule has 3 nitrogen and oxygen atoms in total. The summed E-state index contributed by atoms with van der Waals surface area (Å²) >= 11 is 2.00. The largest absolute Gasteiger partial charge is 0.480 e. The minimum absolute atomic E-state index is 0.460. The van der Waals surface area contributed by atoms with Crippen LogP contribution in [0.1, 0.15) is 5.56 Å². The number of carboxylic acid groups (broad SMARTS) is 1. The van der Waals surface area contributed by atoms with Gasteiger partial charge in [0.15, 0.2) is 0 Å². The van der Waals surface area contributed by atoms with Crippen LogP contribution in [0.5, 0.6) is 0 Å². The SMILES string of the molecule is CN(I)C(Cc1ccccc1)C(=O)O. The molecule has 0 aliphatic rings. The summed E-state index contributed by atoms with van der Waals surface area (Å²) in [6.45, 7) is 0. The molecule has 1 aromatic carbocycles. The monoisotopic (exact) mass is 305 g/mol. The molecule has 1 atom stereocenters. The van der Waals surface area contributed by atoms with Gasteiger partial charge in [0, 0.05) is 22.9 Å². The maximum Gasteiger partial charge on any atom is 0.322 e. The molecule has 0 bridgehead atoms. The number of hydrogen-bond donors (Lipinski definition) is 1. The number of carbonyl (C=O) groups is 1. The highest BCUT2D eigenvalue weighted by atomic mass is 127. The Balaban J connectivity index is 2.70. The summed E-state index contributed by atoms with van der Waals surface area (Å²) in [5.74, 6) is -0.786. The van der Waals surface area contributed by atoms with Crippen LogP contribution in [0.2, 0.25) is 0 Å². The van der Waals surface area contributed by atoms with Crippen LogP contribution < -0.4 is 0 Å². The maximum atomic E-state index is 10.9. The number of benzene rings is 1. The lowest BCUT2D eigenvalue weighted by Crippen LogP contribution is -2.33. The van der Waals surface area contributed by atoms with Crippen molar-refractivity contribution in [3.05, 3.63) is 35.9 Å². The quantitative estimate of drug-likeness (QED) is 0.683. The number of nitrogens with zero attached hydrogens (tertiary/aromatic N) is 1. The molecule has 0 radical (unpaired) electrons. The van der Waals surface area contributed by atoms with Crippen LogP contribution >= 0.6 is 22.9 Å². The van der Waals surface area contributed by atoms with E-state index in [0.29, 0.717) is 6.42 Å². The lowest BCUT2D eigenvalue weighted by atomic mass is 10.1. The van der Waals surface area contributed by atoms with Crippen molar-refractivity contribution < 1.29 is 9.90 Å². The normalized spacial score (nSPS) is 12.8. The van der Waals surface area contributed by atoms with Crippen LogP contribution in [0, 0.1) is 0 Å². The highest BCUT2D eigenvalue weighted by Crippen LogP contribution is 2.11. The van der Waals surface area contributed by atoms with E-state index in [9.17, 15) is 4.79 Å². The fourth-order valence-electron chi connectivity index (χ4n) is 1.20. The van der Waals surface area contributed by atoms with Gasteiger partial charge in [0.2, 0.25) is 0 Å². The van der Waals surface area contributed by atoms with Crippen molar-refractivity contribution in [1.29, 1.82) is 0 Å². The standard InChI is InChI=1S/C10H12INO2/c1-12(11)9(10(13)14)7-8-5-3-2-4-6-8/h2-6,9H,7H2,1H3,(H,13,14). The molecule has 0 heterocycles. The van der Waals surface area contributed by atoms with E-state index in [2.05, 4.69) is 0 Å². The van der Waals surface area contributed by atoms with Crippen LogP contribution in [0.3, 0.4) is 0 Å². The molecule has 0 saturated heterocycles. The molecule has 0 aliphatic carbocycles. The van der Waals surface area contributed by atoms with E-state index in [4.69, 9.17) is 5.11 Å². The second-order valence-electron chi connectivity index (χ2n) is 3.07. The average molecular weight is 305 g/mol. The summed E-state index contributed by atoms with van der Waals surface area (Å²) in [5.41, 5.74) is 1.04. The minimum atomic E-state index is -0.786. The minimum Gasteiger partial charge on any atom is -0.480 e. The van der Waals surface area contributed by atoms with Crippen molar-refractivity contribution in [2.45, 2.75) is 12.5 Å². The van der Waals surface area contributed by atoms with E-state index in [-0.39, 0.29) is 0 Å². The van der Waals surface area contributed by atoms with E-state index in [0.717, 1.165) is 5.56 Å². The molecule has 0 fully saturated rings. The molecule has 14 heavy (non-hydrogen) atoms. The van der Waals surface area contributed by atoms with Crippen molar-refractivity contribution in [2.75, 3.05) is 7.05 Å². The molecule has 76 valence electrons. The van der Waals surface area contributed by atoms with Gasteiger partial charge in [0.25, 0.3) is 0 Å². The van der Waals surface area contributed by atoms with Gasteiger partial charge in [-0.05, 0) is 19.0 Å². The van der Waals surface area contributed by atoms with Gasteiger partial charge in [0.05, 0.1) is 0 Å². The first-order chi connectivity index (χ1) is 6.61. The smallest absolute Gasteiger partial charge is 0.322 e. The fraction of sp³-hybridized carbons (Fsp3) is 0.300. The molecule has 1 unspecified atom stereocenters. The summed E-state index contributed by atoms with van der Waals surface area (Å²) in [7, 11) is 1.77. The predicted molar refractivity (Wildman–Crippen MR) is 63.4 cm³/mol. The van der Waals surface area contributed by atoms with E-state index in [1.54, 1.807) is 10.2 Å².